The summed E-state index contributed by atoms with van der Waals surface area (Å²) >= 11 is 0. The average molecular weight is 325 g/mol. The number of hydrogen-bond donors (Lipinski definition) is 3. The molecule has 0 spiro atoms. The first-order valence-corrected chi connectivity index (χ1v) is 7.66. The molecule has 0 bridgehead atoms. The van der Waals surface area contributed by atoms with E-state index in [0.717, 1.165) is 24.1 Å². The van der Waals surface area contributed by atoms with Crippen LogP contribution in [0.5, 0.6) is 0 Å². The highest BCUT2D eigenvalue weighted by Crippen LogP contribution is 2.20. The molecule has 0 saturated carbocycles. The number of aromatic nitrogens is 4. The Morgan fingerprint density at radius 3 is 3.04 bits per heavy atom. The Morgan fingerprint density at radius 1 is 1.29 bits per heavy atom. The fourth-order valence-electron chi connectivity index (χ4n) is 2.92. The Kier molecular flexibility index (Phi) is 3.49. The second-order valence-electron chi connectivity index (χ2n) is 5.76. The molecule has 8 nitrogen and oxygen atoms in total. The van der Waals surface area contributed by atoms with Crippen LogP contribution in [0.3, 0.4) is 0 Å². The normalized spacial score (nSPS) is 16.6. The first-order chi connectivity index (χ1) is 11.7. The van der Waals surface area contributed by atoms with E-state index in [9.17, 15) is 9.59 Å². The summed E-state index contributed by atoms with van der Waals surface area (Å²) in [5, 5.41) is 16.3. The highest BCUT2D eigenvalue weighted by Gasteiger charge is 2.23. The molecule has 3 heterocycles. The van der Waals surface area contributed by atoms with Gasteiger partial charge in [0, 0.05) is 18.2 Å². The predicted octanol–water partition coefficient (Wildman–Crippen LogP) is 1.04. The molecule has 1 unspecified atom stereocenters. The second-order valence-corrected chi connectivity index (χ2v) is 5.76. The van der Waals surface area contributed by atoms with E-state index in [1.54, 1.807) is 30.5 Å². The summed E-state index contributed by atoms with van der Waals surface area (Å²) in [5.41, 5.74) is 2.50. The number of aromatic amines is 2. The molecule has 0 aromatic carbocycles. The van der Waals surface area contributed by atoms with Crippen LogP contribution in [0, 0.1) is 0 Å². The molecule has 4 rings (SSSR count). The third kappa shape index (κ3) is 2.73. The quantitative estimate of drug-likeness (QED) is 0.665. The highest BCUT2D eigenvalue weighted by molar-refractivity contribution is 5.93. The minimum absolute atomic E-state index is 0.0441. The van der Waals surface area contributed by atoms with Crippen molar-refractivity contribution in [2.24, 2.45) is 0 Å². The molecule has 0 saturated heterocycles. The number of rotatable bonds is 3. The van der Waals surface area contributed by atoms with Gasteiger partial charge in [-0.3, -0.25) is 14.7 Å². The fourth-order valence-corrected chi connectivity index (χ4v) is 2.92. The molecule has 0 aliphatic heterocycles. The van der Waals surface area contributed by atoms with E-state index in [4.69, 9.17) is 4.42 Å². The van der Waals surface area contributed by atoms with Gasteiger partial charge >= 0.3 is 0 Å². The summed E-state index contributed by atoms with van der Waals surface area (Å²) in [6, 6.07) is 6.71. The fraction of sp³-hybridized carbons (Fsp3) is 0.250. The summed E-state index contributed by atoms with van der Waals surface area (Å²) in [7, 11) is 0. The number of carbonyl (C=O) groups excluding carboxylic acids is 1. The monoisotopic (exact) mass is 325 g/mol. The number of amides is 1. The van der Waals surface area contributed by atoms with Crippen molar-refractivity contribution in [3.63, 3.8) is 0 Å². The lowest BCUT2D eigenvalue weighted by molar-refractivity contribution is 0.0928. The van der Waals surface area contributed by atoms with Crippen molar-refractivity contribution in [2.75, 3.05) is 0 Å². The molecule has 8 heteroatoms. The molecule has 3 N–H and O–H groups in total. The van der Waals surface area contributed by atoms with Gasteiger partial charge in [-0.25, -0.2) is 5.10 Å². The largest absolute Gasteiger partial charge is 0.463 e. The molecule has 1 aliphatic rings. The highest BCUT2D eigenvalue weighted by atomic mass is 16.3. The first kappa shape index (κ1) is 14.4. The van der Waals surface area contributed by atoms with E-state index in [0.29, 0.717) is 23.6 Å². The number of H-pyrrole nitrogens is 2. The third-order valence-corrected chi connectivity index (χ3v) is 4.11. The molecule has 24 heavy (non-hydrogen) atoms. The van der Waals surface area contributed by atoms with Crippen molar-refractivity contribution in [3.8, 4) is 11.5 Å². The van der Waals surface area contributed by atoms with E-state index < -0.39 is 0 Å². The molecule has 1 atom stereocenters. The first-order valence-electron chi connectivity index (χ1n) is 7.66. The van der Waals surface area contributed by atoms with Crippen molar-refractivity contribution in [1.29, 1.82) is 0 Å². The standard InChI is InChI=1S/C16H15N5O3/c22-15-7-9-6-10(3-4-11(9)18-21-15)17-16(23)13-8-12(19-20-13)14-2-1-5-24-14/h1-2,5,7-8,10H,3-4,6H2,(H,17,23)(H,19,20)(H,21,22). The number of furan rings is 1. The molecule has 3 aromatic heterocycles. The molecule has 1 aliphatic carbocycles. The van der Waals surface area contributed by atoms with Crippen LogP contribution in [0.1, 0.15) is 28.2 Å². The van der Waals surface area contributed by atoms with Crippen molar-refractivity contribution < 1.29 is 9.21 Å². The molecular formula is C16H15N5O3. The van der Waals surface area contributed by atoms with Crippen molar-refractivity contribution in [1.82, 2.24) is 25.7 Å². The Morgan fingerprint density at radius 2 is 2.21 bits per heavy atom. The zero-order valence-electron chi connectivity index (χ0n) is 12.7. The molecule has 1 amide bonds. The topological polar surface area (TPSA) is 117 Å². The summed E-state index contributed by atoms with van der Waals surface area (Å²) in [5.74, 6) is 0.369. The van der Waals surface area contributed by atoms with Crippen LogP contribution in [0.25, 0.3) is 11.5 Å². The molecular weight excluding hydrogens is 310 g/mol. The van der Waals surface area contributed by atoms with Crippen molar-refractivity contribution in [2.45, 2.75) is 25.3 Å². The van der Waals surface area contributed by atoms with Gasteiger partial charge in [0.25, 0.3) is 11.5 Å². The van der Waals surface area contributed by atoms with Gasteiger partial charge < -0.3 is 9.73 Å². The lowest BCUT2D eigenvalue weighted by atomic mass is 9.92. The van der Waals surface area contributed by atoms with Gasteiger partial charge in [-0.1, -0.05) is 0 Å². The van der Waals surface area contributed by atoms with E-state index in [1.807, 2.05) is 0 Å². The number of carbonyl (C=O) groups is 1. The SMILES string of the molecule is O=C(NC1CCc2n[nH]c(=O)cc2C1)c1cc(-c2ccco2)[nH]n1. The Balaban J connectivity index is 1.46. The summed E-state index contributed by atoms with van der Waals surface area (Å²) < 4.78 is 5.27. The van der Waals surface area contributed by atoms with Crippen LogP contribution < -0.4 is 10.9 Å². The lowest BCUT2D eigenvalue weighted by Gasteiger charge is -2.23. The van der Waals surface area contributed by atoms with Gasteiger partial charge in [0.2, 0.25) is 0 Å². The van der Waals surface area contributed by atoms with Gasteiger partial charge in [-0.2, -0.15) is 10.2 Å². The summed E-state index contributed by atoms with van der Waals surface area (Å²) in [6.45, 7) is 0. The van der Waals surface area contributed by atoms with Crippen LogP contribution in [0.2, 0.25) is 0 Å². The molecule has 3 aromatic rings. The van der Waals surface area contributed by atoms with Crippen LogP contribution >= 0.6 is 0 Å². The lowest BCUT2D eigenvalue weighted by Crippen LogP contribution is -2.39. The minimum atomic E-state index is -0.254. The number of hydrogen-bond acceptors (Lipinski definition) is 5. The van der Waals surface area contributed by atoms with E-state index in [-0.39, 0.29) is 17.5 Å². The second kappa shape index (κ2) is 5.80. The smallest absolute Gasteiger partial charge is 0.272 e. The van der Waals surface area contributed by atoms with Gasteiger partial charge in [0.05, 0.1) is 12.0 Å². The summed E-state index contributed by atoms with van der Waals surface area (Å²) in [4.78, 5) is 23.7. The van der Waals surface area contributed by atoms with Gasteiger partial charge in [-0.15, -0.1) is 0 Å². The van der Waals surface area contributed by atoms with E-state index in [1.165, 1.54) is 0 Å². The van der Waals surface area contributed by atoms with Gasteiger partial charge in [0.1, 0.15) is 5.69 Å². The van der Waals surface area contributed by atoms with Crippen LogP contribution in [-0.4, -0.2) is 32.3 Å². The number of nitrogens with one attached hydrogen (secondary N) is 3. The predicted molar refractivity (Wildman–Crippen MR) is 84.4 cm³/mol. The number of fused-ring (bicyclic) bond motifs is 1. The van der Waals surface area contributed by atoms with Crippen molar-refractivity contribution >= 4 is 5.91 Å². The Labute approximate surface area is 136 Å². The van der Waals surface area contributed by atoms with E-state index >= 15 is 0 Å². The Hall–Kier alpha value is -3.16. The number of aryl methyl sites for hydroxylation is 1. The molecule has 122 valence electrons. The minimum Gasteiger partial charge on any atom is -0.463 e. The van der Waals surface area contributed by atoms with Crippen LogP contribution in [-0.2, 0) is 12.8 Å². The number of nitrogens with zero attached hydrogens (tertiary/aromatic N) is 2. The Bertz CT molecular complexity index is 925. The van der Waals surface area contributed by atoms with Crippen LogP contribution in [0.15, 0.2) is 39.7 Å². The average Bonchev–Trinajstić information content (AvgIpc) is 3.25. The maximum absolute atomic E-state index is 12.4. The van der Waals surface area contributed by atoms with E-state index in [2.05, 4.69) is 25.7 Å². The van der Waals surface area contributed by atoms with Crippen LogP contribution in [0.4, 0.5) is 0 Å². The van der Waals surface area contributed by atoms with Crippen molar-refractivity contribution in [3.05, 3.63) is 57.8 Å². The molecule has 0 radical (unpaired) electrons. The maximum Gasteiger partial charge on any atom is 0.272 e. The zero-order chi connectivity index (χ0) is 16.5. The third-order valence-electron chi connectivity index (χ3n) is 4.11. The zero-order valence-corrected chi connectivity index (χ0v) is 12.7. The van der Waals surface area contributed by atoms with Gasteiger partial charge in [0.15, 0.2) is 11.5 Å². The summed E-state index contributed by atoms with van der Waals surface area (Å²) in [6.07, 6.45) is 3.64. The molecule has 0 fully saturated rings. The van der Waals surface area contributed by atoms with Gasteiger partial charge in [-0.05, 0) is 37.0 Å². The maximum atomic E-state index is 12.4.